The number of fused-ring (bicyclic) bond motifs is 1. The third-order valence-corrected chi connectivity index (χ3v) is 4.53. The molecular weight excluding hydrogens is 396 g/mol. The van der Waals surface area contributed by atoms with Crippen molar-refractivity contribution in [3.63, 3.8) is 0 Å². The van der Waals surface area contributed by atoms with Crippen LogP contribution in [0.3, 0.4) is 0 Å². The van der Waals surface area contributed by atoms with E-state index in [-0.39, 0.29) is 29.9 Å². The van der Waals surface area contributed by atoms with Crippen LogP contribution in [0.4, 0.5) is 23.2 Å². The third-order valence-electron chi connectivity index (χ3n) is 4.53. The Kier molecular flexibility index (Phi) is 5.07. The maximum atomic E-state index is 13.6. The number of hydrogen-bond donors (Lipinski definition) is 3. The largest absolute Gasteiger partial charge is 0.416 e. The van der Waals surface area contributed by atoms with Crippen molar-refractivity contribution in [1.82, 2.24) is 15.2 Å². The van der Waals surface area contributed by atoms with Crippen molar-refractivity contribution < 1.29 is 31.9 Å². The number of rotatable bonds is 3. The van der Waals surface area contributed by atoms with Crippen LogP contribution in [0.2, 0.25) is 0 Å². The van der Waals surface area contributed by atoms with Crippen molar-refractivity contribution in [2.45, 2.75) is 25.7 Å². The van der Waals surface area contributed by atoms with Crippen molar-refractivity contribution in [2.75, 3.05) is 12.4 Å². The minimum absolute atomic E-state index is 0.00721. The van der Waals surface area contributed by atoms with Crippen molar-refractivity contribution >= 4 is 23.4 Å². The smallest absolute Gasteiger partial charge is 0.354 e. The van der Waals surface area contributed by atoms with Gasteiger partial charge >= 0.3 is 6.18 Å². The molecule has 0 spiro atoms. The Hall–Kier alpha value is -3.37. The zero-order valence-corrected chi connectivity index (χ0v) is 15.3. The van der Waals surface area contributed by atoms with Crippen molar-refractivity contribution in [3.8, 4) is 0 Å². The predicted molar refractivity (Wildman–Crippen MR) is 93.7 cm³/mol. The monoisotopic (exact) mass is 412 g/mol. The van der Waals surface area contributed by atoms with Gasteiger partial charge in [-0.25, -0.2) is 4.39 Å². The van der Waals surface area contributed by atoms with Crippen molar-refractivity contribution in [2.24, 2.45) is 0 Å². The van der Waals surface area contributed by atoms with Crippen molar-refractivity contribution in [1.29, 1.82) is 0 Å². The molecule has 0 fully saturated rings. The number of nitrogens with zero attached hydrogens (tertiary/aromatic N) is 1. The fraction of sp³-hybridized carbons (Fsp3) is 0.278. The van der Waals surface area contributed by atoms with E-state index in [1.165, 1.54) is 17.7 Å². The number of anilines is 1. The second-order valence-corrected chi connectivity index (χ2v) is 6.41. The van der Waals surface area contributed by atoms with E-state index in [4.69, 9.17) is 0 Å². The number of aromatic nitrogens is 1. The molecule has 29 heavy (non-hydrogen) atoms. The fourth-order valence-corrected chi connectivity index (χ4v) is 3.11. The first-order valence-electron chi connectivity index (χ1n) is 8.46. The van der Waals surface area contributed by atoms with Gasteiger partial charge in [-0.15, -0.1) is 0 Å². The molecule has 2 aromatic rings. The Morgan fingerprint density at radius 2 is 1.86 bits per heavy atom. The molecule has 2 heterocycles. The zero-order chi connectivity index (χ0) is 21.5. The Morgan fingerprint density at radius 3 is 2.48 bits per heavy atom. The molecule has 1 aliphatic rings. The summed E-state index contributed by atoms with van der Waals surface area (Å²) in [6.07, 6.45) is -4.82. The Labute approximate surface area is 162 Å². The maximum absolute atomic E-state index is 13.6. The molecule has 0 saturated carbocycles. The molecule has 3 amide bonds. The minimum Gasteiger partial charge on any atom is -0.354 e. The normalized spacial score (nSPS) is 16.1. The zero-order valence-electron chi connectivity index (χ0n) is 15.3. The minimum atomic E-state index is -4.82. The van der Waals surface area contributed by atoms with Gasteiger partial charge in [-0.1, -0.05) is 0 Å². The topological polar surface area (TPSA) is 92.2 Å². The fourth-order valence-electron chi connectivity index (χ4n) is 3.11. The van der Waals surface area contributed by atoms with Crippen LogP contribution >= 0.6 is 0 Å². The summed E-state index contributed by atoms with van der Waals surface area (Å²) in [5.74, 6) is -3.05. The molecule has 1 unspecified atom stereocenters. The average molecular weight is 412 g/mol. The second kappa shape index (κ2) is 7.22. The lowest BCUT2D eigenvalue weighted by atomic mass is 10.1. The molecule has 1 aliphatic heterocycles. The summed E-state index contributed by atoms with van der Waals surface area (Å²) in [4.78, 5) is 36.6. The van der Waals surface area contributed by atoms with Gasteiger partial charge in [0.05, 0.1) is 23.5 Å². The third kappa shape index (κ3) is 3.80. The molecule has 1 atom stereocenters. The summed E-state index contributed by atoms with van der Waals surface area (Å²) >= 11 is 0. The van der Waals surface area contributed by atoms with E-state index >= 15 is 0 Å². The number of amides is 3. The van der Waals surface area contributed by atoms with E-state index in [0.717, 1.165) is 0 Å². The number of benzene rings is 1. The summed E-state index contributed by atoms with van der Waals surface area (Å²) in [6, 6.07) is 2.06. The number of carbonyl (C=O) groups is 3. The molecular formula is C18H16F4N4O3. The van der Waals surface area contributed by atoms with Crippen LogP contribution in [-0.4, -0.2) is 29.3 Å². The molecule has 7 nitrogen and oxygen atoms in total. The van der Waals surface area contributed by atoms with E-state index in [0.29, 0.717) is 17.8 Å². The van der Waals surface area contributed by atoms with Gasteiger partial charge in [0.15, 0.2) is 0 Å². The van der Waals surface area contributed by atoms with E-state index in [2.05, 4.69) is 16.0 Å². The molecule has 0 aliphatic carbocycles. The van der Waals surface area contributed by atoms with Crippen LogP contribution in [0, 0.1) is 5.82 Å². The first-order valence-corrected chi connectivity index (χ1v) is 8.46. The predicted octanol–water partition coefficient (Wildman–Crippen LogP) is 2.45. The van der Waals surface area contributed by atoms with Gasteiger partial charge in [-0.3, -0.25) is 14.4 Å². The number of nitrogens with one attached hydrogen (secondary N) is 3. The molecule has 1 aromatic heterocycles. The van der Waals surface area contributed by atoms with Crippen LogP contribution in [0.25, 0.3) is 0 Å². The van der Waals surface area contributed by atoms with Gasteiger partial charge in [0, 0.05) is 12.6 Å². The number of alkyl halides is 3. The van der Waals surface area contributed by atoms with Crippen LogP contribution in [0.5, 0.6) is 0 Å². The summed E-state index contributed by atoms with van der Waals surface area (Å²) < 4.78 is 53.7. The standard InChI is InChI=1S/C18H16F4N4O3/c1-8-15(27)24-7-14-12(6-13(26(8)14)17(29)23-2)25-16(28)9-3-10(18(20,21)22)5-11(19)4-9/h3-6,8H,7H2,1-2H3,(H,23,29)(H,24,27)(H,25,28). The highest BCUT2D eigenvalue weighted by molar-refractivity contribution is 6.06. The second-order valence-electron chi connectivity index (χ2n) is 6.41. The van der Waals surface area contributed by atoms with E-state index in [9.17, 15) is 31.9 Å². The molecule has 11 heteroatoms. The van der Waals surface area contributed by atoms with Crippen molar-refractivity contribution in [3.05, 3.63) is 52.6 Å². The highest BCUT2D eigenvalue weighted by atomic mass is 19.4. The van der Waals surface area contributed by atoms with E-state index < -0.39 is 41.0 Å². The average Bonchev–Trinajstić information content (AvgIpc) is 3.01. The van der Waals surface area contributed by atoms with Gasteiger partial charge < -0.3 is 20.5 Å². The molecule has 0 radical (unpaired) electrons. The Bertz CT molecular complexity index is 1010. The molecule has 3 N–H and O–H groups in total. The quantitative estimate of drug-likeness (QED) is 0.677. The van der Waals surface area contributed by atoms with Gasteiger partial charge in [0.2, 0.25) is 5.91 Å². The van der Waals surface area contributed by atoms with Crippen LogP contribution in [0.1, 0.15) is 45.1 Å². The highest BCUT2D eigenvalue weighted by Gasteiger charge is 2.33. The molecule has 0 saturated heterocycles. The number of hydrogen-bond acceptors (Lipinski definition) is 3. The number of carbonyl (C=O) groups excluding carboxylic acids is 3. The molecule has 1 aromatic carbocycles. The van der Waals surface area contributed by atoms with E-state index in [1.807, 2.05) is 0 Å². The van der Waals surface area contributed by atoms with Crippen LogP contribution in [-0.2, 0) is 17.5 Å². The summed E-state index contributed by atoms with van der Waals surface area (Å²) in [5, 5.41) is 7.42. The molecule has 0 bridgehead atoms. The lowest BCUT2D eigenvalue weighted by molar-refractivity contribution is -0.137. The lowest BCUT2D eigenvalue weighted by Crippen LogP contribution is -2.39. The SMILES string of the molecule is CNC(=O)c1cc(NC(=O)c2cc(F)cc(C(F)(F)F)c2)c2n1C(C)C(=O)NC2. The van der Waals surface area contributed by atoms with E-state index in [1.54, 1.807) is 6.92 Å². The van der Waals surface area contributed by atoms with Crippen LogP contribution in [0.15, 0.2) is 24.3 Å². The molecule has 154 valence electrons. The molecule has 3 rings (SSSR count). The Balaban J connectivity index is 2.00. The van der Waals surface area contributed by atoms with Gasteiger partial charge in [0.25, 0.3) is 11.8 Å². The van der Waals surface area contributed by atoms with Crippen LogP contribution < -0.4 is 16.0 Å². The van der Waals surface area contributed by atoms with Gasteiger partial charge in [-0.2, -0.15) is 13.2 Å². The first-order chi connectivity index (χ1) is 13.5. The summed E-state index contributed by atoms with van der Waals surface area (Å²) in [5.41, 5.74) is -1.23. The maximum Gasteiger partial charge on any atom is 0.416 e. The van der Waals surface area contributed by atoms with Gasteiger partial charge in [-0.05, 0) is 31.2 Å². The highest BCUT2D eigenvalue weighted by Crippen LogP contribution is 2.32. The first kappa shape index (κ1) is 20.4. The lowest BCUT2D eigenvalue weighted by Gasteiger charge is -2.25. The Morgan fingerprint density at radius 1 is 1.17 bits per heavy atom. The summed E-state index contributed by atoms with van der Waals surface area (Å²) in [6.45, 7) is 1.55. The number of halogens is 4. The van der Waals surface area contributed by atoms with Gasteiger partial charge in [0.1, 0.15) is 17.6 Å². The summed E-state index contributed by atoms with van der Waals surface area (Å²) in [7, 11) is 1.39.